The van der Waals surface area contributed by atoms with E-state index >= 15 is 0 Å². The van der Waals surface area contributed by atoms with Gasteiger partial charge in [-0.25, -0.2) is 4.98 Å². The Kier molecular flexibility index (Phi) is 3.88. The molecule has 1 aliphatic rings. The molecule has 0 amide bonds. The van der Waals surface area contributed by atoms with E-state index in [1.165, 1.54) is 22.4 Å². The molecule has 3 aromatic heterocycles. The minimum absolute atomic E-state index is 0.471. The van der Waals surface area contributed by atoms with E-state index in [1.54, 1.807) is 0 Å². The van der Waals surface area contributed by atoms with Crippen molar-refractivity contribution in [2.24, 2.45) is 13.0 Å². The summed E-state index contributed by atoms with van der Waals surface area (Å²) in [5.41, 5.74) is 2.51. The highest BCUT2D eigenvalue weighted by molar-refractivity contribution is 5.81. The lowest BCUT2D eigenvalue weighted by Crippen LogP contribution is -2.47. The van der Waals surface area contributed by atoms with Gasteiger partial charge in [0, 0.05) is 56.4 Å². The smallest absolute Gasteiger partial charge is 0.123 e. The Labute approximate surface area is 142 Å². The third-order valence-corrected chi connectivity index (χ3v) is 5.05. The van der Waals surface area contributed by atoms with Crippen LogP contribution in [0.4, 0.5) is 0 Å². The van der Waals surface area contributed by atoms with Gasteiger partial charge in [0.2, 0.25) is 0 Å². The van der Waals surface area contributed by atoms with Gasteiger partial charge in [-0.1, -0.05) is 0 Å². The molecule has 0 radical (unpaired) electrons. The fraction of sp³-hybridized carbons (Fsp3) is 0.474. The minimum atomic E-state index is 0.471. The minimum Gasteiger partial charge on any atom is -0.349 e. The summed E-state index contributed by atoms with van der Waals surface area (Å²) in [7, 11) is 2.10. The Bertz CT molecular complexity index is 838. The molecular formula is C19H25N5. The molecule has 5 heteroatoms. The summed E-state index contributed by atoms with van der Waals surface area (Å²) in [6.45, 7) is 7.62. The van der Waals surface area contributed by atoms with Crippen LogP contribution in [-0.4, -0.2) is 37.1 Å². The number of fused-ring (bicyclic) bond motifs is 1. The van der Waals surface area contributed by atoms with Crippen LogP contribution < -0.4 is 0 Å². The fourth-order valence-electron chi connectivity index (χ4n) is 3.82. The van der Waals surface area contributed by atoms with E-state index in [-0.39, 0.29) is 0 Å². The number of hydrogen-bond acceptors (Lipinski definition) is 3. The zero-order valence-electron chi connectivity index (χ0n) is 14.7. The third kappa shape index (κ3) is 2.73. The highest BCUT2D eigenvalue weighted by Crippen LogP contribution is 2.25. The first kappa shape index (κ1) is 15.4. The predicted octanol–water partition coefficient (Wildman–Crippen LogP) is 3.03. The second-order valence-corrected chi connectivity index (χ2v) is 7.23. The summed E-state index contributed by atoms with van der Waals surface area (Å²) in [6, 6.07) is 4.73. The molecule has 1 aliphatic heterocycles. The Morgan fingerprint density at radius 3 is 2.75 bits per heavy atom. The topological polar surface area (TPSA) is 38.9 Å². The standard InChI is InChI=1S/C19H25N5/c1-14(2)24-9-7-21-18(24)13-23-11-15(12-23)10-17-19-16(4-6-20-17)5-8-22(19)3/h4-9,14-15H,10-13H2,1-3H3. The third-order valence-electron chi connectivity index (χ3n) is 5.05. The van der Waals surface area contributed by atoms with Crippen LogP contribution in [0.25, 0.3) is 10.9 Å². The van der Waals surface area contributed by atoms with E-state index in [9.17, 15) is 0 Å². The summed E-state index contributed by atoms with van der Waals surface area (Å²) in [6.07, 6.45) is 9.11. The van der Waals surface area contributed by atoms with Gasteiger partial charge >= 0.3 is 0 Å². The van der Waals surface area contributed by atoms with Gasteiger partial charge in [-0.2, -0.15) is 0 Å². The zero-order valence-corrected chi connectivity index (χ0v) is 14.7. The predicted molar refractivity (Wildman–Crippen MR) is 95.8 cm³/mol. The molecule has 0 unspecified atom stereocenters. The molecule has 1 fully saturated rings. The first-order chi connectivity index (χ1) is 11.6. The number of hydrogen-bond donors (Lipinski definition) is 0. The van der Waals surface area contributed by atoms with Crippen molar-refractivity contribution in [3.8, 4) is 0 Å². The maximum absolute atomic E-state index is 4.64. The van der Waals surface area contributed by atoms with Crippen molar-refractivity contribution >= 4 is 10.9 Å². The maximum Gasteiger partial charge on any atom is 0.123 e. The maximum atomic E-state index is 4.64. The molecule has 1 saturated heterocycles. The van der Waals surface area contributed by atoms with E-state index in [1.807, 2.05) is 12.4 Å². The highest BCUT2D eigenvalue weighted by Gasteiger charge is 2.29. The quantitative estimate of drug-likeness (QED) is 0.724. The van der Waals surface area contributed by atoms with E-state index in [2.05, 4.69) is 69.4 Å². The van der Waals surface area contributed by atoms with Gasteiger partial charge in [-0.15, -0.1) is 0 Å². The fourth-order valence-corrected chi connectivity index (χ4v) is 3.82. The van der Waals surface area contributed by atoms with Crippen LogP contribution in [0.3, 0.4) is 0 Å². The van der Waals surface area contributed by atoms with Crippen molar-refractivity contribution in [1.29, 1.82) is 0 Å². The number of imidazole rings is 1. The van der Waals surface area contributed by atoms with E-state index in [4.69, 9.17) is 0 Å². The SMILES string of the molecule is CC(C)n1ccnc1CN1CC(Cc2nccc3ccn(C)c23)C1. The van der Waals surface area contributed by atoms with Crippen LogP contribution >= 0.6 is 0 Å². The van der Waals surface area contributed by atoms with E-state index in [0.717, 1.165) is 26.1 Å². The zero-order chi connectivity index (χ0) is 16.7. The van der Waals surface area contributed by atoms with Crippen LogP contribution in [0.15, 0.2) is 36.9 Å². The molecule has 0 aromatic carbocycles. The first-order valence-corrected chi connectivity index (χ1v) is 8.75. The molecule has 0 spiro atoms. The summed E-state index contributed by atoms with van der Waals surface area (Å²) in [5, 5.41) is 1.29. The van der Waals surface area contributed by atoms with Gasteiger partial charge in [-0.05, 0) is 38.3 Å². The largest absolute Gasteiger partial charge is 0.349 e. The van der Waals surface area contributed by atoms with Gasteiger partial charge in [0.15, 0.2) is 0 Å². The molecular weight excluding hydrogens is 298 g/mol. The van der Waals surface area contributed by atoms with Crippen LogP contribution in [0.2, 0.25) is 0 Å². The molecule has 0 bridgehead atoms. The average Bonchev–Trinajstić information content (AvgIpc) is 3.13. The van der Waals surface area contributed by atoms with Gasteiger partial charge < -0.3 is 9.13 Å². The van der Waals surface area contributed by atoms with Crippen molar-refractivity contribution < 1.29 is 0 Å². The number of aryl methyl sites for hydroxylation is 1. The van der Waals surface area contributed by atoms with Crippen LogP contribution in [0.5, 0.6) is 0 Å². The molecule has 126 valence electrons. The summed E-state index contributed by atoms with van der Waals surface area (Å²) >= 11 is 0. The molecule has 0 saturated carbocycles. The van der Waals surface area contributed by atoms with E-state index < -0.39 is 0 Å². The number of aromatic nitrogens is 4. The lowest BCUT2D eigenvalue weighted by atomic mass is 9.93. The molecule has 0 N–H and O–H groups in total. The summed E-state index contributed by atoms with van der Waals surface area (Å²) in [5.74, 6) is 1.87. The molecule has 3 aromatic rings. The number of rotatable bonds is 5. The lowest BCUT2D eigenvalue weighted by Gasteiger charge is -2.39. The van der Waals surface area contributed by atoms with Crippen molar-refractivity contribution in [3.05, 3.63) is 48.4 Å². The van der Waals surface area contributed by atoms with Gasteiger partial charge in [0.05, 0.1) is 17.8 Å². The second kappa shape index (κ2) is 6.06. The van der Waals surface area contributed by atoms with Crippen LogP contribution in [0.1, 0.15) is 31.4 Å². The van der Waals surface area contributed by atoms with Crippen LogP contribution in [0, 0.1) is 5.92 Å². The second-order valence-electron chi connectivity index (χ2n) is 7.23. The molecule has 0 atom stereocenters. The Balaban J connectivity index is 1.39. The van der Waals surface area contributed by atoms with Crippen molar-refractivity contribution in [2.45, 2.75) is 32.9 Å². The van der Waals surface area contributed by atoms with Gasteiger partial charge in [0.1, 0.15) is 5.82 Å². The average molecular weight is 323 g/mol. The molecule has 4 rings (SSSR count). The Hall–Kier alpha value is -2.14. The molecule has 24 heavy (non-hydrogen) atoms. The molecule has 4 heterocycles. The number of nitrogens with zero attached hydrogens (tertiary/aromatic N) is 5. The van der Waals surface area contributed by atoms with Crippen molar-refractivity contribution in [1.82, 2.24) is 24.0 Å². The van der Waals surface area contributed by atoms with E-state index in [0.29, 0.717) is 12.0 Å². The molecule has 5 nitrogen and oxygen atoms in total. The van der Waals surface area contributed by atoms with Gasteiger partial charge in [-0.3, -0.25) is 9.88 Å². The summed E-state index contributed by atoms with van der Waals surface area (Å²) in [4.78, 5) is 11.6. The monoisotopic (exact) mass is 323 g/mol. The number of pyridine rings is 1. The number of likely N-dealkylation sites (tertiary alicyclic amines) is 1. The van der Waals surface area contributed by atoms with Gasteiger partial charge in [0.25, 0.3) is 0 Å². The summed E-state index contributed by atoms with van der Waals surface area (Å²) < 4.78 is 4.45. The van der Waals surface area contributed by atoms with Crippen LogP contribution in [-0.2, 0) is 20.0 Å². The van der Waals surface area contributed by atoms with Crippen molar-refractivity contribution in [3.63, 3.8) is 0 Å². The lowest BCUT2D eigenvalue weighted by molar-refractivity contribution is 0.0875. The Morgan fingerprint density at radius 2 is 1.96 bits per heavy atom. The molecule has 0 aliphatic carbocycles. The Morgan fingerprint density at radius 1 is 1.12 bits per heavy atom. The highest BCUT2D eigenvalue weighted by atomic mass is 15.2. The van der Waals surface area contributed by atoms with Crippen molar-refractivity contribution in [2.75, 3.05) is 13.1 Å². The first-order valence-electron chi connectivity index (χ1n) is 8.75. The normalized spacial score (nSPS) is 16.2.